The number of pyridine rings is 1. The number of primary sulfonamides is 1. The molecule has 3 heterocycles. The molecule has 0 aliphatic carbocycles. The van der Waals surface area contributed by atoms with Gasteiger partial charge in [0.25, 0.3) is 5.56 Å². The van der Waals surface area contributed by atoms with Crippen LogP contribution in [-0.4, -0.2) is 38.4 Å². The molecule has 0 saturated heterocycles. The highest BCUT2D eigenvalue weighted by molar-refractivity contribution is 7.89. The highest BCUT2D eigenvalue weighted by Crippen LogP contribution is 2.31. The van der Waals surface area contributed by atoms with Gasteiger partial charge in [-0.2, -0.15) is 9.67 Å². The second kappa shape index (κ2) is 9.49. The molecule has 0 saturated carbocycles. The number of ketones is 1. The van der Waals surface area contributed by atoms with Gasteiger partial charge in [-0.25, -0.2) is 22.9 Å². The number of hydrogen-bond acceptors (Lipinski definition) is 7. The van der Waals surface area contributed by atoms with E-state index in [0.717, 1.165) is 15.5 Å². The first-order valence-corrected chi connectivity index (χ1v) is 13.9. The summed E-state index contributed by atoms with van der Waals surface area (Å²) in [6.45, 7) is 1.30. The Bertz CT molecular complexity index is 2120. The molecule has 6 aromatic rings. The van der Waals surface area contributed by atoms with E-state index in [-0.39, 0.29) is 27.5 Å². The van der Waals surface area contributed by atoms with Gasteiger partial charge in [-0.05, 0) is 48.0 Å². The summed E-state index contributed by atoms with van der Waals surface area (Å²) in [6, 6.07) is 23.8. The lowest BCUT2D eigenvalue weighted by atomic mass is 10.0. The summed E-state index contributed by atoms with van der Waals surface area (Å²) in [7, 11) is -3.93. The molecule has 0 amide bonds. The predicted molar refractivity (Wildman–Crippen MR) is 151 cm³/mol. The van der Waals surface area contributed by atoms with E-state index in [2.05, 4.69) is 5.10 Å². The van der Waals surface area contributed by atoms with Crippen molar-refractivity contribution in [2.45, 2.75) is 11.8 Å². The molecule has 10 nitrogen and oxygen atoms in total. The van der Waals surface area contributed by atoms with Crippen molar-refractivity contribution < 1.29 is 13.2 Å². The van der Waals surface area contributed by atoms with Gasteiger partial charge < -0.3 is 0 Å². The SMILES string of the molecule is CC(=O)c1nn(-c2ccc(S(N)(=O)=O)cc2)c2nc3nc(-c4ccc(Cl)cc4)cc(-c4ccccc4)c3c(=O)n12. The molecule has 2 N–H and O–H groups in total. The number of aromatic nitrogens is 5. The minimum atomic E-state index is -3.93. The lowest BCUT2D eigenvalue weighted by molar-refractivity contribution is 0.100. The number of carbonyl (C=O) groups is 1. The van der Waals surface area contributed by atoms with Crippen LogP contribution in [0.1, 0.15) is 17.5 Å². The van der Waals surface area contributed by atoms with Gasteiger partial charge in [-0.3, -0.25) is 9.59 Å². The number of Topliss-reactive ketones (excluding diaryl/α,β-unsaturated/α-hetero) is 1. The van der Waals surface area contributed by atoms with Crippen LogP contribution in [0, 0.1) is 0 Å². The summed E-state index contributed by atoms with van der Waals surface area (Å²) in [6.07, 6.45) is 0. The predicted octanol–water partition coefficient (Wildman–Crippen LogP) is 4.27. The van der Waals surface area contributed by atoms with E-state index in [0.29, 0.717) is 22.0 Å². The maximum atomic E-state index is 14.1. The summed E-state index contributed by atoms with van der Waals surface area (Å²) in [4.78, 5) is 36.0. The maximum absolute atomic E-state index is 14.1. The van der Waals surface area contributed by atoms with Crippen molar-refractivity contribution >= 4 is 44.2 Å². The van der Waals surface area contributed by atoms with Gasteiger partial charge in [0.2, 0.25) is 21.6 Å². The summed E-state index contributed by atoms with van der Waals surface area (Å²) in [5, 5.41) is 10.4. The van der Waals surface area contributed by atoms with Crippen molar-refractivity contribution in [1.82, 2.24) is 24.1 Å². The molecule has 12 heteroatoms. The zero-order valence-electron chi connectivity index (χ0n) is 20.8. The Hall–Kier alpha value is -4.71. The highest BCUT2D eigenvalue weighted by Gasteiger charge is 2.23. The van der Waals surface area contributed by atoms with E-state index in [4.69, 9.17) is 26.7 Å². The molecule has 198 valence electrons. The van der Waals surface area contributed by atoms with Crippen molar-refractivity contribution in [2.75, 3.05) is 0 Å². The van der Waals surface area contributed by atoms with Gasteiger partial charge in [0, 0.05) is 23.1 Å². The summed E-state index contributed by atoms with van der Waals surface area (Å²) < 4.78 is 25.9. The van der Waals surface area contributed by atoms with Crippen LogP contribution in [0.5, 0.6) is 0 Å². The second-order valence-electron chi connectivity index (χ2n) is 9.01. The monoisotopic (exact) mass is 570 g/mol. The molecule has 3 aromatic heterocycles. The molecule has 0 atom stereocenters. The van der Waals surface area contributed by atoms with Crippen molar-refractivity contribution in [3.8, 4) is 28.1 Å². The van der Waals surface area contributed by atoms with Gasteiger partial charge in [0.1, 0.15) is 0 Å². The number of fused-ring (bicyclic) bond motifs is 2. The van der Waals surface area contributed by atoms with Crippen LogP contribution in [-0.2, 0) is 10.0 Å². The average molecular weight is 571 g/mol. The first kappa shape index (κ1) is 25.6. The number of halogens is 1. The molecule has 40 heavy (non-hydrogen) atoms. The van der Waals surface area contributed by atoms with Crippen molar-refractivity contribution in [2.24, 2.45) is 5.14 Å². The summed E-state index contributed by atoms with van der Waals surface area (Å²) in [5.41, 5.74) is 2.67. The van der Waals surface area contributed by atoms with Gasteiger partial charge >= 0.3 is 0 Å². The van der Waals surface area contributed by atoms with Crippen LogP contribution >= 0.6 is 11.6 Å². The molecular weight excluding hydrogens is 552 g/mol. The first-order valence-electron chi connectivity index (χ1n) is 11.9. The quantitative estimate of drug-likeness (QED) is 0.305. The number of nitrogens with zero attached hydrogens (tertiary/aromatic N) is 5. The van der Waals surface area contributed by atoms with Crippen molar-refractivity contribution in [1.29, 1.82) is 0 Å². The maximum Gasteiger partial charge on any atom is 0.271 e. The topological polar surface area (TPSA) is 142 Å². The third-order valence-electron chi connectivity index (χ3n) is 6.37. The number of sulfonamides is 1. The molecule has 3 aromatic carbocycles. The molecule has 0 fully saturated rings. The lowest BCUT2D eigenvalue weighted by Gasteiger charge is -2.11. The zero-order chi connectivity index (χ0) is 28.2. The fourth-order valence-electron chi connectivity index (χ4n) is 4.48. The molecule has 0 spiro atoms. The third kappa shape index (κ3) is 4.35. The average Bonchev–Trinajstić information content (AvgIpc) is 3.33. The normalized spacial score (nSPS) is 11.8. The minimum Gasteiger partial charge on any atom is -0.291 e. The van der Waals surface area contributed by atoms with E-state index in [1.807, 2.05) is 42.5 Å². The van der Waals surface area contributed by atoms with Gasteiger partial charge in [-0.1, -0.05) is 54.1 Å². The number of rotatable bonds is 5. The number of carbonyl (C=O) groups excluding carboxylic acids is 1. The summed E-state index contributed by atoms with van der Waals surface area (Å²) >= 11 is 6.09. The standard InChI is InChI=1S/C28H19ClN6O4S/c1-16(36)26-33-35(20-11-13-21(14-12-20)40(30,38)39)28-32-25-24(27(37)34(26)28)22(17-5-3-2-4-6-17)15-23(31-25)18-7-9-19(29)10-8-18/h2-15H,1H3,(H2,30,38,39). The van der Waals surface area contributed by atoms with Crippen molar-refractivity contribution in [3.05, 3.63) is 106 Å². The fourth-order valence-corrected chi connectivity index (χ4v) is 5.12. The van der Waals surface area contributed by atoms with Crippen LogP contribution in [0.3, 0.4) is 0 Å². The fraction of sp³-hybridized carbons (Fsp3) is 0.0357. The Morgan fingerprint density at radius 1 is 0.900 bits per heavy atom. The first-order chi connectivity index (χ1) is 19.1. The highest BCUT2D eigenvalue weighted by atomic mass is 35.5. The van der Waals surface area contributed by atoms with Crippen LogP contribution in [0.15, 0.2) is 94.6 Å². The minimum absolute atomic E-state index is 0.0332. The van der Waals surface area contributed by atoms with Crippen molar-refractivity contribution in [3.63, 3.8) is 0 Å². The Morgan fingerprint density at radius 2 is 1.57 bits per heavy atom. The number of nitrogens with two attached hydrogens (primary N) is 1. The van der Waals surface area contributed by atoms with E-state index < -0.39 is 21.4 Å². The van der Waals surface area contributed by atoms with Gasteiger partial charge in [-0.15, -0.1) is 5.10 Å². The largest absolute Gasteiger partial charge is 0.291 e. The van der Waals surface area contributed by atoms with E-state index in [1.54, 1.807) is 18.2 Å². The lowest BCUT2D eigenvalue weighted by Crippen LogP contribution is -2.20. The van der Waals surface area contributed by atoms with Crippen LogP contribution in [0.25, 0.3) is 44.9 Å². The number of benzene rings is 3. The van der Waals surface area contributed by atoms with Crippen LogP contribution < -0.4 is 10.7 Å². The summed E-state index contributed by atoms with van der Waals surface area (Å²) in [5.74, 6) is -0.559. The molecule has 0 radical (unpaired) electrons. The van der Waals surface area contributed by atoms with Gasteiger partial charge in [0.05, 0.1) is 21.7 Å². The zero-order valence-corrected chi connectivity index (χ0v) is 22.4. The van der Waals surface area contributed by atoms with Crippen LogP contribution in [0.2, 0.25) is 5.02 Å². The third-order valence-corrected chi connectivity index (χ3v) is 7.55. The van der Waals surface area contributed by atoms with Gasteiger partial charge in [0.15, 0.2) is 11.4 Å². The second-order valence-corrected chi connectivity index (χ2v) is 11.0. The van der Waals surface area contributed by atoms with Crippen LogP contribution in [0.4, 0.5) is 0 Å². The molecule has 0 unspecified atom stereocenters. The Labute approximate surface area is 232 Å². The van der Waals surface area contributed by atoms with E-state index >= 15 is 0 Å². The number of hydrogen-bond donors (Lipinski definition) is 1. The molecule has 6 rings (SSSR count). The Morgan fingerprint density at radius 3 is 2.20 bits per heavy atom. The smallest absolute Gasteiger partial charge is 0.271 e. The molecule has 0 aliphatic heterocycles. The Balaban J connectivity index is 1.71. The van der Waals surface area contributed by atoms with E-state index in [9.17, 15) is 18.0 Å². The molecule has 0 bridgehead atoms. The Kier molecular flexibility index (Phi) is 6.06. The van der Waals surface area contributed by atoms with E-state index in [1.165, 1.54) is 35.9 Å². The molecule has 0 aliphatic rings. The molecular formula is C28H19ClN6O4S.